The number of halogens is 1. The highest BCUT2D eigenvalue weighted by molar-refractivity contribution is 6.34. The summed E-state index contributed by atoms with van der Waals surface area (Å²) in [5, 5.41) is 7.32. The molecule has 0 aliphatic carbocycles. The van der Waals surface area contributed by atoms with E-state index in [0.717, 1.165) is 72.9 Å². The maximum atomic E-state index is 8.36. The van der Waals surface area contributed by atoms with Crippen molar-refractivity contribution in [1.29, 1.82) is 0 Å². The van der Waals surface area contributed by atoms with Gasteiger partial charge in [0.05, 0.1) is 19.8 Å². The van der Waals surface area contributed by atoms with Crippen LogP contribution in [0.5, 0.6) is 5.75 Å². The van der Waals surface area contributed by atoms with Crippen molar-refractivity contribution in [3.63, 3.8) is 0 Å². The molecular formula is C26H27ClN4O4. The number of nitrogens with zero attached hydrogens (tertiary/aromatic N) is 4. The molecule has 1 saturated heterocycles. The summed E-state index contributed by atoms with van der Waals surface area (Å²) in [5.74, 6) is 0.871. The number of hydrogen-bond donors (Lipinski definition) is 1. The third kappa shape index (κ3) is 6.16. The molecule has 182 valence electrons. The zero-order chi connectivity index (χ0) is 24.5. The lowest BCUT2D eigenvalue weighted by Gasteiger charge is -2.26. The Bertz CT molecular complexity index is 1230. The number of carboxylic acid groups (broad SMARTS) is 1. The van der Waals surface area contributed by atoms with Crippen LogP contribution in [0.25, 0.3) is 27.8 Å². The van der Waals surface area contributed by atoms with Gasteiger partial charge in [0.1, 0.15) is 23.1 Å². The molecule has 0 atom stereocenters. The molecule has 1 fully saturated rings. The highest BCUT2D eigenvalue weighted by Crippen LogP contribution is 2.34. The highest BCUT2D eigenvalue weighted by atomic mass is 35.5. The second kappa shape index (κ2) is 12.3. The Labute approximate surface area is 208 Å². The van der Waals surface area contributed by atoms with Gasteiger partial charge in [0.25, 0.3) is 6.47 Å². The standard InChI is InChI=1S/C25H25ClN4O2.CH2O2/c26-25-24-23(27-18-28-25)22(17-30(24)20-5-2-1-3-6-20)19-7-9-21(10-8-19)32-14-4-11-29-12-15-31-16-13-29;2-1-3/h1-3,5-10,17-18H,4,11-16H2;1H,(H,2,3). The van der Waals surface area contributed by atoms with Gasteiger partial charge in [-0.3, -0.25) is 9.69 Å². The molecule has 1 aliphatic heterocycles. The van der Waals surface area contributed by atoms with Crippen LogP contribution >= 0.6 is 11.6 Å². The van der Waals surface area contributed by atoms with Crippen LogP contribution in [0.3, 0.4) is 0 Å². The Morgan fingerprint density at radius 2 is 1.77 bits per heavy atom. The second-order valence-corrected chi connectivity index (χ2v) is 8.25. The van der Waals surface area contributed by atoms with Crippen molar-refractivity contribution in [1.82, 2.24) is 19.4 Å². The van der Waals surface area contributed by atoms with E-state index in [9.17, 15) is 0 Å². The van der Waals surface area contributed by atoms with Crippen LogP contribution in [0.15, 0.2) is 67.1 Å². The lowest BCUT2D eigenvalue weighted by Crippen LogP contribution is -2.37. The van der Waals surface area contributed by atoms with Crippen molar-refractivity contribution in [2.45, 2.75) is 6.42 Å². The van der Waals surface area contributed by atoms with E-state index in [1.807, 2.05) is 47.0 Å². The van der Waals surface area contributed by atoms with E-state index < -0.39 is 0 Å². The number of para-hydroxylation sites is 1. The van der Waals surface area contributed by atoms with Crippen molar-refractivity contribution in [3.8, 4) is 22.6 Å². The van der Waals surface area contributed by atoms with Crippen LogP contribution in [0.1, 0.15) is 6.42 Å². The molecule has 2 aromatic carbocycles. The smallest absolute Gasteiger partial charge is 0.290 e. The summed E-state index contributed by atoms with van der Waals surface area (Å²) in [7, 11) is 0. The Morgan fingerprint density at radius 3 is 2.49 bits per heavy atom. The van der Waals surface area contributed by atoms with E-state index in [4.69, 9.17) is 31.0 Å². The molecule has 1 N–H and O–H groups in total. The van der Waals surface area contributed by atoms with Crippen LogP contribution in [0.4, 0.5) is 0 Å². The molecule has 3 heterocycles. The fourth-order valence-corrected chi connectivity index (χ4v) is 4.28. The molecule has 35 heavy (non-hydrogen) atoms. The highest BCUT2D eigenvalue weighted by Gasteiger charge is 2.16. The summed E-state index contributed by atoms with van der Waals surface area (Å²) < 4.78 is 13.4. The fraction of sp³-hybridized carbons (Fsp3) is 0.269. The van der Waals surface area contributed by atoms with Gasteiger partial charge in [-0.1, -0.05) is 41.9 Å². The number of ether oxygens (including phenoxy) is 2. The van der Waals surface area contributed by atoms with E-state index in [0.29, 0.717) is 11.8 Å². The molecule has 5 rings (SSSR count). The summed E-state index contributed by atoms with van der Waals surface area (Å²) in [6.45, 7) is 5.18. The van der Waals surface area contributed by atoms with E-state index in [1.165, 1.54) is 6.33 Å². The predicted molar refractivity (Wildman–Crippen MR) is 135 cm³/mol. The SMILES string of the molecule is Clc1ncnc2c(-c3ccc(OCCCN4CCOCC4)cc3)cn(-c3ccccc3)c12.O=CO. The van der Waals surface area contributed by atoms with Crippen LogP contribution in [-0.4, -0.2) is 70.5 Å². The second-order valence-electron chi connectivity index (χ2n) is 7.90. The van der Waals surface area contributed by atoms with Gasteiger partial charge < -0.3 is 19.1 Å². The Balaban J connectivity index is 0.000000917. The largest absolute Gasteiger partial charge is 0.494 e. The van der Waals surface area contributed by atoms with Crippen molar-refractivity contribution in [3.05, 3.63) is 72.3 Å². The number of morpholine rings is 1. The summed E-state index contributed by atoms with van der Waals surface area (Å²) in [4.78, 5) is 19.5. The summed E-state index contributed by atoms with van der Waals surface area (Å²) in [5.41, 5.74) is 4.71. The van der Waals surface area contributed by atoms with Crippen LogP contribution in [-0.2, 0) is 9.53 Å². The Morgan fingerprint density at radius 1 is 1.06 bits per heavy atom. The van der Waals surface area contributed by atoms with Crippen LogP contribution in [0, 0.1) is 0 Å². The number of hydrogen-bond acceptors (Lipinski definition) is 6. The molecule has 0 amide bonds. The molecule has 1 aliphatic rings. The molecule has 9 heteroatoms. The predicted octanol–water partition coefficient (Wildman–Crippen LogP) is 4.54. The van der Waals surface area contributed by atoms with Crippen molar-refractivity contribution in [2.24, 2.45) is 0 Å². The van der Waals surface area contributed by atoms with Gasteiger partial charge in [0, 0.05) is 37.1 Å². The van der Waals surface area contributed by atoms with E-state index in [2.05, 4.69) is 33.2 Å². The summed E-state index contributed by atoms with van der Waals surface area (Å²) in [6.07, 6.45) is 4.58. The van der Waals surface area contributed by atoms with E-state index >= 15 is 0 Å². The Hall–Kier alpha value is -3.46. The number of aromatic nitrogens is 3. The maximum absolute atomic E-state index is 8.36. The molecule has 8 nitrogen and oxygen atoms in total. The number of carbonyl (C=O) groups is 1. The molecule has 0 bridgehead atoms. The van der Waals surface area contributed by atoms with E-state index in [-0.39, 0.29) is 6.47 Å². The molecule has 0 unspecified atom stereocenters. The summed E-state index contributed by atoms with van der Waals surface area (Å²) >= 11 is 6.46. The topological polar surface area (TPSA) is 89.7 Å². The van der Waals surface area contributed by atoms with Crippen molar-refractivity contribution in [2.75, 3.05) is 39.5 Å². The monoisotopic (exact) mass is 494 g/mol. The lowest BCUT2D eigenvalue weighted by atomic mass is 10.1. The third-order valence-corrected chi connectivity index (χ3v) is 6.00. The first-order valence-electron chi connectivity index (χ1n) is 11.4. The minimum absolute atomic E-state index is 0.250. The molecule has 0 radical (unpaired) electrons. The number of rotatable bonds is 7. The van der Waals surface area contributed by atoms with Gasteiger partial charge >= 0.3 is 0 Å². The average molecular weight is 495 g/mol. The first kappa shape index (κ1) is 24.7. The van der Waals surface area contributed by atoms with E-state index in [1.54, 1.807) is 0 Å². The van der Waals surface area contributed by atoms with Gasteiger partial charge in [-0.25, -0.2) is 9.97 Å². The van der Waals surface area contributed by atoms with Crippen LogP contribution in [0.2, 0.25) is 5.15 Å². The molecule has 2 aromatic heterocycles. The molecule has 4 aromatic rings. The third-order valence-electron chi connectivity index (χ3n) is 5.72. The van der Waals surface area contributed by atoms with Gasteiger partial charge in [-0.05, 0) is 36.2 Å². The minimum Gasteiger partial charge on any atom is -0.494 e. The zero-order valence-corrected chi connectivity index (χ0v) is 20.0. The normalized spacial score (nSPS) is 13.7. The molecule has 0 spiro atoms. The lowest BCUT2D eigenvalue weighted by molar-refractivity contribution is -0.122. The maximum Gasteiger partial charge on any atom is 0.290 e. The first-order chi connectivity index (χ1) is 17.2. The molecular weight excluding hydrogens is 468 g/mol. The fourth-order valence-electron chi connectivity index (χ4n) is 4.06. The van der Waals surface area contributed by atoms with Crippen LogP contribution < -0.4 is 4.74 Å². The first-order valence-corrected chi connectivity index (χ1v) is 11.8. The van der Waals surface area contributed by atoms with Gasteiger partial charge in [-0.2, -0.15) is 0 Å². The van der Waals surface area contributed by atoms with Gasteiger partial charge in [0.2, 0.25) is 0 Å². The number of benzene rings is 2. The average Bonchev–Trinajstić information content (AvgIpc) is 3.30. The number of fused-ring (bicyclic) bond motifs is 1. The Kier molecular flexibility index (Phi) is 8.67. The summed E-state index contributed by atoms with van der Waals surface area (Å²) in [6, 6.07) is 18.2. The van der Waals surface area contributed by atoms with Gasteiger partial charge in [0.15, 0.2) is 5.15 Å². The quantitative estimate of drug-likeness (QED) is 0.229. The zero-order valence-electron chi connectivity index (χ0n) is 19.2. The van der Waals surface area contributed by atoms with Gasteiger partial charge in [-0.15, -0.1) is 0 Å². The van der Waals surface area contributed by atoms with Crippen molar-refractivity contribution >= 4 is 29.1 Å². The molecule has 0 saturated carbocycles. The minimum atomic E-state index is -0.250. The van der Waals surface area contributed by atoms with Crippen molar-refractivity contribution < 1.29 is 19.4 Å².